The van der Waals surface area contributed by atoms with Crippen LogP contribution in [-0.2, 0) is 68.7 Å². The zero-order valence-corrected chi connectivity index (χ0v) is 38.6. The summed E-state index contributed by atoms with van der Waals surface area (Å²) in [5.74, 6) is -6.31. The summed E-state index contributed by atoms with van der Waals surface area (Å²) < 4.78 is 97.6. The van der Waals surface area contributed by atoms with Crippen molar-refractivity contribution in [2.75, 3.05) is 49.6 Å². The number of aromatic nitrogens is 1. The van der Waals surface area contributed by atoms with E-state index in [0.29, 0.717) is 17.7 Å². The number of sulfonamides is 1. The molecule has 23 nitrogen and oxygen atoms in total. The van der Waals surface area contributed by atoms with Crippen LogP contribution in [0.15, 0.2) is 41.3 Å². The molecule has 3 atom stereocenters. The number of carboxylic acids is 1. The molecule has 0 saturated heterocycles. The van der Waals surface area contributed by atoms with Crippen LogP contribution in [0.25, 0.3) is 0 Å². The van der Waals surface area contributed by atoms with Crippen molar-refractivity contribution in [1.29, 1.82) is 0 Å². The van der Waals surface area contributed by atoms with Gasteiger partial charge in [-0.3, -0.25) is 33.1 Å². The lowest BCUT2D eigenvalue weighted by atomic mass is 10.1. The molecule has 2 unspecified atom stereocenters. The van der Waals surface area contributed by atoms with Crippen molar-refractivity contribution >= 4 is 77.0 Å². The van der Waals surface area contributed by atoms with Crippen LogP contribution < -0.4 is 41.8 Å². The lowest BCUT2D eigenvalue weighted by Gasteiger charge is -2.19. The Hall–Kier alpha value is -5.29. The highest BCUT2D eigenvalue weighted by Gasteiger charge is 2.31. The molecule has 1 aromatic carbocycles. The molecule has 3 aromatic rings. The van der Waals surface area contributed by atoms with Gasteiger partial charge in [0.1, 0.15) is 35.4 Å². The summed E-state index contributed by atoms with van der Waals surface area (Å²) in [5, 5.41) is 22.3. The summed E-state index contributed by atoms with van der Waals surface area (Å²) in [4.78, 5) is 67.8. The van der Waals surface area contributed by atoms with E-state index in [-0.39, 0.29) is 54.3 Å². The first kappa shape index (κ1) is 52.3. The van der Waals surface area contributed by atoms with Gasteiger partial charge < -0.3 is 42.2 Å². The minimum atomic E-state index is -4.82. The standard InChI is InChI=1S/C38H52N8O15S4/c1-22-17-26(61-16-4-6-32(47)40-14-15-42-36(49)30(21-64(56,57)58)45-35(48)28(39)20-63(53,54)55)18-23(2)33(22)65(59,60)46-29(38(51)52)19-43-37(50)31-12-11-27(62-31)10-9-25-8-7-24-5-3-13-41-34(24)44-25/h7-8,11-12,17-18,28-30,46H,3-6,9-10,13-16,19-21,39H2,1-2H3,(H,40,47)(H,41,44)(H,42,49)(H,43,50)(H,45,48)(H,51,52)(H,53,54,55)(H,56,57,58)/t28-,29?,30?/m0/s1. The van der Waals surface area contributed by atoms with Gasteiger partial charge in [-0.2, -0.15) is 21.6 Å². The molecule has 1 aliphatic heterocycles. The van der Waals surface area contributed by atoms with Crippen LogP contribution in [0.2, 0.25) is 0 Å². The second-order valence-corrected chi connectivity index (χ2v) is 20.8. The number of fused-ring (bicyclic) bond motifs is 1. The monoisotopic (exact) mass is 988 g/mol. The number of anilines is 1. The largest absolute Gasteiger partial charge is 0.494 e. The molecule has 3 heterocycles. The normalized spacial score (nSPS) is 14.2. The van der Waals surface area contributed by atoms with Crippen molar-refractivity contribution < 1.29 is 68.2 Å². The number of carbonyl (C=O) groups is 5. The van der Waals surface area contributed by atoms with Crippen LogP contribution in [0.1, 0.15) is 56.2 Å². The quantitative estimate of drug-likeness (QED) is 0.0361. The molecule has 11 N–H and O–H groups in total. The van der Waals surface area contributed by atoms with E-state index in [9.17, 15) is 54.3 Å². The van der Waals surface area contributed by atoms with E-state index in [2.05, 4.69) is 32.1 Å². The molecule has 0 spiro atoms. The Morgan fingerprint density at radius 2 is 1.55 bits per heavy atom. The first-order chi connectivity index (χ1) is 30.4. The maximum Gasteiger partial charge on any atom is 0.323 e. The number of hydrogen-bond acceptors (Lipinski definition) is 16. The van der Waals surface area contributed by atoms with Crippen molar-refractivity contribution in [3.63, 3.8) is 0 Å². The zero-order chi connectivity index (χ0) is 48.1. The number of benzene rings is 1. The number of carboxylic acid groups (broad SMARTS) is 1. The topological polar surface area (TPSA) is 369 Å². The number of thiophene rings is 1. The molecule has 0 saturated carbocycles. The maximum absolute atomic E-state index is 13.5. The predicted octanol–water partition coefficient (Wildman–Crippen LogP) is -0.956. The highest BCUT2D eigenvalue weighted by atomic mass is 32.2. The summed E-state index contributed by atoms with van der Waals surface area (Å²) in [5.41, 5.74) is 7.93. The van der Waals surface area contributed by atoms with Gasteiger partial charge in [0, 0.05) is 43.2 Å². The first-order valence-corrected chi connectivity index (χ1v) is 25.5. The molecule has 358 valence electrons. The van der Waals surface area contributed by atoms with Crippen molar-refractivity contribution in [2.24, 2.45) is 5.73 Å². The van der Waals surface area contributed by atoms with Gasteiger partial charge in [0.2, 0.25) is 27.7 Å². The highest BCUT2D eigenvalue weighted by molar-refractivity contribution is 7.89. The zero-order valence-electron chi connectivity index (χ0n) is 35.3. The Morgan fingerprint density at radius 3 is 2.22 bits per heavy atom. The summed E-state index contributed by atoms with van der Waals surface area (Å²) in [6.45, 7) is 2.92. The van der Waals surface area contributed by atoms with E-state index in [4.69, 9.17) is 24.6 Å². The Morgan fingerprint density at radius 1 is 0.877 bits per heavy atom. The molecule has 4 amide bonds. The summed E-state index contributed by atoms with van der Waals surface area (Å²) in [7, 11) is -13.9. The summed E-state index contributed by atoms with van der Waals surface area (Å²) >= 11 is 1.25. The number of pyridine rings is 1. The van der Waals surface area contributed by atoms with Gasteiger partial charge in [-0.25, -0.2) is 13.4 Å². The van der Waals surface area contributed by atoms with Crippen LogP contribution in [0.3, 0.4) is 0 Å². The lowest BCUT2D eigenvalue weighted by molar-refractivity contribution is -0.138. The van der Waals surface area contributed by atoms with E-state index < -0.39 is 96.0 Å². The number of carbonyl (C=O) groups excluding carboxylic acids is 4. The Kier molecular flexibility index (Phi) is 18.7. The van der Waals surface area contributed by atoms with Gasteiger partial charge in [-0.05, 0) is 93.0 Å². The molecule has 2 aromatic heterocycles. The summed E-state index contributed by atoms with van der Waals surface area (Å²) in [6.07, 6.45) is 3.48. The number of rotatable bonds is 25. The van der Waals surface area contributed by atoms with Gasteiger partial charge >= 0.3 is 5.97 Å². The SMILES string of the molecule is Cc1cc(OCCCC(=O)NCCNC(=O)C(CS(=O)(=O)O)NC(=O)[C@@H](N)CS(=O)(=O)O)cc(C)c1S(=O)(=O)NC(CNC(=O)c1ccc(CCc2ccc3c(n2)NCCC3)s1)C(=O)O. The average molecular weight is 989 g/mol. The number of amides is 4. The average Bonchev–Trinajstić information content (AvgIpc) is 3.69. The lowest BCUT2D eigenvalue weighted by Crippen LogP contribution is -2.56. The number of aryl methyl sites for hydroxylation is 5. The highest BCUT2D eigenvalue weighted by Crippen LogP contribution is 2.27. The third-order valence-electron chi connectivity index (χ3n) is 9.53. The molecular formula is C38H52N8O15S4. The Balaban J connectivity index is 1.20. The number of nitrogens with one attached hydrogen (secondary N) is 6. The third kappa shape index (κ3) is 17.2. The van der Waals surface area contributed by atoms with Crippen molar-refractivity contribution in [2.45, 2.75) is 75.4 Å². The van der Waals surface area contributed by atoms with E-state index in [1.807, 2.05) is 17.4 Å². The Bertz CT molecular complexity index is 2550. The van der Waals surface area contributed by atoms with Crippen molar-refractivity contribution in [1.82, 2.24) is 31.0 Å². The number of hydrogen-bond donors (Lipinski definition) is 10. The minimum Gasteiger partial charge on any atom is -0.494 e. The minimum absolute atomic E-state index is 0.0141. The molecule has 0 bridgehead atoms. The van der Waals surface area contributed by atoms with Crippen LogP contribution >= 0.6 is 11.3 Å². The maximum atomic E-state index is 13.5. The Labute approximate surface area is 379 Å². The third-order valence-corrected chi connectivity index (χ3v) is 14.0. The fourth-order valence-corrected chi connectivity index (χ4v) is 10.3. The molecule has 27 heteroatoms. The fraction of sp³-hybridized carbons (Fsp3) is 0.474. The molecule has 0 fully saturated rings. The second kappa shape index (κ2) is 23.2. The van der Waals surface area contributed by atoms with Gasteiger partial charge in [0.15, 0.2) is 0 Å². The summed E-state index contributed by atoms with van der Waals surface area (Å²) in [6, 6.07) is 4.89. The fourth-order valence-electron chi connectivity index (χ4n) is 6.52. The van der Waals surface area contributed by atoms with E-state index in [0.717, 1.165) is 35.8 Å². The van der Waals surface area contributed by atoms with Gasteiger partial charge in [0.05, 0.1) is 22.1 Å². The number of ether oxygens (including phenoxy) is 1. The first-order valence-electron chi connectivity index (χ1n) is 20.0. The van der Waals surface area contributed by atoms with E-state index in [1.54, 1.807) is 6.07 Å². The molecular weight excluding hydrogens is 937 g/mol. The molecule has 1 aliphatic rings. The van der Waals surface area contributed by atoms with Crippen molar-refractivity contribution in [3.8, 4) is 5.75 Å². The smallest absolute Gasteiger partial charge is 0.323 e. The molecule has 65 heavy (non-hydrogen) atoms. The van der Waals surface area contributed by atoms with Gasteiger partial charge in [-0.15, -0.1) is 11.3 Å². The van der Waals surface area contributed by atoms with Crippen molar-refractivity contribution in [3.05, 3.63) is 68.5 Å². The second-order valence-electron chi connectivity index (χ2n) is 15.0. The number of aliphatic carboxylic acids is 1. The van der Waals surface area contributed by atoms with Crippen LogP contribution in [0.4, 0.5) is 5.82 Å². The number of nitrogens with zero attached hydrogens (tertiary/aromatic N) is 1. The van der Waals surface area contributed by atoms with Crippen LogP contribution in [0.5, 0.6) is 5.75 Å². The van der Waals surface area contributed by atoms with Gasteiger partial charge in [-0.1, -0.05) is 6.07 Å². The predicted molar refractivity (Wildman–Crippen MR) is 236 cm³/mol. The molecule has 0 radical (unpaired) electrons. The van der Waals surface area contributed by atoms with Gasteiger partial charge in [0.25, 0.3) is 26.1 Å². The van der Waals surface area contributed by atoms with Crippen LogP contribution in [-0.4, -0.2) is 136 Å². The number of nitrogens with two attached hydrogens (primary N) is 1. The molecule has 4 rings (SSSR count). The van der Waals surface area contributed by atoms with Crippen LogP contribution in [0, 0.1) is 13.8 Å². The molecule has 0 aliphatic carbocycles. The van der Waals surface area contributed by atoms with E-state index in [1.165, 1.54) is 42.9 Å². The van der Waals surface area contributed by atoms with E-state index >= 15 is 0 Å².